The van der Waals surface area contributed by atoms with Gasteiger partial charge >= 0.3 is 0 Å². The Hall–Kier alpha value is -1.44. The fourth-order valence-electron chi connectivity index (χ4n) is 1.89. The molecule has 0 fully saturated rings. The molecular formula is C14H14NOPS. The topological polar surface area (TPSA) is 43.1 Å². The van der Waals surface area contributed by atoms with Gasteiger partial charge in [0.25, 0.3) is 0 Å². The molecule has 0 saturated carbocycles. The molecule has 1 aliphatic heterocycles. The molecule has 1 aliphatic rings. The van der Waals surface area contributed by atoms with Gasteiger partial charge in [0.05, 0.1) is 4.88 Å². The Morgan fingerprint density at radius 3 is 2.61 bits per heavy atom. The number of ketones is 1. The highest BCUT2D eigenvalue weighted by Crippen LogP contribution is 2.36. The number of carbonyl (C=O) groups excluding carboxylic acids is 1. The summed E-state index contributed by atoms with van der Waals surface area (Å²) < 4.78 is 0. The van der Waals surface area contributed by atoms with E-state index >= 15 is 0 Å². The molecular weight excluding hydrogens is 261 g/mol. The maximum absolute atomic E-state index is 11.5. The second-order valence-electron chi connectivity index (χ2n) is 4.19. The lowest BCUT2D eigenvalue weighted by molar-refractivity contribution is -0.113. The van der Waals surface area contributed by atoms with Gasteiger partial charge in [-0.3, -0.25) is 4.79 Å². The third-order valence-electron chi connectivity index (χ3n) is 2.83. The van der Waals surface area contributed by atoms with E-state index in [2.05, 4.69) is 18.5 Å². The predicted octanol–water partition coefficient (Wildman–Crippen LogP) is 3.50. The van der Waals surface area contributed by atoms with Crippen LogP contribution in [-0.2, 0) is 4.79 Å². The minimum absolute atomic E-state index is 0.0684. The molecule has 0 spiro atoms. The monoisotopic (exact) mass is 275 g/mol. The number of nitrogens with two attached hydrogens (primary N) is 1. The average molecular weight is 275 g/mol. The van der Waals surface area contributed by atoms with Crippen LogP contribution in [0, 0.1) is 6.92 Å². The lowest BCUT2D eigenvalue weighted by atomic mass is 10.1. The van der Waals surface area contributed by atoms with Crippen LogP contribution in [0.5, 0.6) is 0 Å². The lowest BCUT2D eigenvalue weighted by Gasteiger charge is -2.00. The molecule has 0 amide bonds. The molecule has 2 nitrogen and oxygen atoms in total. The van der Waals surface area contributed by atoms with Gasteiger partial charge in [0, 0.05) is 27.4 Å². The molecule has 1 aromatic rings. The van der Waals surface area contributed by atoms with E-state index in [-0.39, 0.29) is 5.78 Å². The molecule has 0 radical (unpaired) electrons. The molecule has 2 heterocycles. The van der Waals surface area contributed by atoms with Gasteiger partial charge in [0.15, 0.2) is 5.78 Å². The third kappa shape index (κ3) is 2.12. The number of carbonyl (C=O) groups is 1. The van der Waals surface area contributed by atoms with Crippen molar-refractivity contribution in [2.45, 2.75) is 13.8 Å². The largest absolute Gasteiger partial charge is 0.398 e. The second kappa shape index (κ2) is 4.68. The average Bonchev–Trinajstić information content (AvgIpc) is 2.81. The van der Waals surface area contributed by atoms with E-state index in [0.29, 0.717) is 5.70 Å². The molecule has 0 aliphatic carbocycles. The summed E-state index contributed by atoms with van der Waals surface area (Å²) in [5.41, 5.74) is 9.33. The van der Waals surface area contributed by atoms with E-state index in [1.165, 1.54) is 0 Å². The number of Topliss-reactive ketones (excluding diaryl/α,β-unsaturated/α-hetero) is 1. The molecule has 92 valence electrons. The first-order valence-electron chi connectivity index (χ1n) is 5.45. The van der Waals surface area contributed by atoms with Crippen LogP contribution in [0.3, 0.4) is 0 Å². The van der Waals surface area contributed by atoms with Gasteiger partial charge < -0.3 is 5.73 Å². The first kappa shape index (κ1) is 13.0. The van der Waals surface area contributed by atoms with Crippen LogP contribution in [0.4, 0.5) is 0 Å². The maximum Gasteiger partial charge on any atom is 0.160 e. The first-order chi connectivity index (χ1) is 8.41. The number of thiophene rings is 1. The Kier molecular flexibility index (Phi) is 3.38. The molecule has 0 unspecified atom stereocenters. The van der Waals surface area contributed by atoms with E-state index in [0.717, 1.165) is 40.4 Å². The van der Waals surface area contributed by atoms with Crippen molar-refractivity contribution in [1.29, 1.82) is 0 Å². The zero-order valence-corrected chi connectivity index (χ0v) is 12.1. The Bertz CT molecular complexity index is 634. The van der Waals surface area contributed by atoms with E-state index in [4.69, 9.17) is 5.73 Å². The highest BCUT2D eigenvalue weighted by molar-refractivity contribution is 7.48. The molecule has 0 bridgehead atoms. The van der Waals surface area contributed by atoms with E-state index in [9.17, 15) is 4.79 Å². The van der Waals surface area contributed by atoms with Crippen LogP contribution in [-0.4, -0.2) is 11.1 Å². The summed E-state index contributed by atoms with van der Waals surface area (Å²) in [6.45, 7) is 11.3. The van der Waals surface area contributed by atoms with Gasteiger partial charge in [-0.05, 0) is 30.9 Å². The SMILES string of the molecule is C=C1P=C(c2csc(C(=C)N)c2C)C=C1C(C)=O. The van der Waals surface area contributed by atoms with Gasteiger partial charge in [-0.25, -0.2) is 0 Å². The van der Waals surface area contributed by atoms with Crippen molar-refractivity contribution in [2.75, 3.05) is 0 Å². The highest BCUT2D eigenvalue weighted by Gasteiger charge is 2.19. The van der Waals surface area contributed by atoms with E-state index in [1.54, 1.807) is 18.3 Å². The fraction of sp³-hybridized carbons (Fsp3) is 0.143. The molecule has 0 saturated heterocycles. The Morgan fingerprint density at radius 2 is 2.17 bits per heavy atom. The Labute approximate surface area is 112 Å². The minimum Gasteiger partial charge on any atom is -0.398 e. The second-order valence-corrected chi connectivity index (χ2v) is 6.31. The first-order valence-corrected chi connectivity index (χ1v) is 7.23. The Morgan fingerprint density at radius 1 is 1.50 bits per heavy atom. The van der Waals surface area contributed by atoms with Crippen molar-refractivity contribution in [2.24, 2.45) is 5.73 Å². The smallest absolute Gasteiger partial charge is 0.160 e. The maximum atomic E-state index is 11.5. The Balaban J connectivity index is 2.47. The normalized spacial score (nSPS) is 15.3. The van der Waals surface area contributed by atoms with Gasteiger partial charge in [0.1, 0.15) is 0 Å². The van der Waals surface area contributed by atoms with Crippen LogP contribution in [0.25, 0.3) is 5.70 Å². The van der Waals surface area contributed by atoms with Gasteiger partial charge in [-0.2, -0.15) is 0 Å². The summed E-state index contributed by atoms with van der Waals surface area (Å²) in [5, 5.41) is 4.06. The van der Waals surface area contributed by atoms with E-state index < -0.39 is 0 Å². The van der Waals surface area contributed by atoms with Crippen molar-refractivity contribution in [3.8, 4) is 0 Å². The number of rotatable bonds is 3. The summed E-state index contributed by atoms with van der Waals surface area (Å²) in [6, 6.07) is 0. The summed E-state index contributed by atoms with van der Waals surface area (Å²) in [4.78, 5) is 12.5. The summed E-state index contributed by atoms with van der Waals surface area (Å²) in [6.07, 6.45) is 1.93. The fourth-order valence-corrected chi connectivity index (χ4v) is 4.13. The van der Waals surface area contributed by atoms with Crippen LogP contribution in [0.1, 0.15) is 22.9 Å². The zero-order chi connectivity index (χ0) is 13.4. The lowest BCUT2D eigenvalue weighted by Crippen LogP contribution is -1.98. The van der Waals surface area contributed by atoms with Crippen LogP contribution < -0.4 is 5.73 Å². The van der Waals surface area contributed by atoms with Gasteiger partial charge in [0.2, 0.25) is 0 Å². The van der Waals surface area contributed by atoms with Crippen molar-refractivity contribution in [3.05, 3.63) is 51.5 Å². The van der Waals surface area contributed by atoms with Crippen molar-refractivity contribution < 1.29 is 4.79 Å². The summed E-state index contributed by atoms with van der Waals surface area (Å²) in [5.74, 6) is 0.0684. The minimum atomic E-state index is 0.0684. The van der Waals surface area contributed by atoms with Crippen molar-refractivity contribution >= 4 is 36.3 Å². The number of hydrogen-bond donors (Lipinski definition) is 1. The van der Waals surface area contributed by atoms with Gasteiger partial charge in [-0.1, -0.05) is 21.4 Å². The third-order valence-corrected chi connectivity index (χ3v) is 5.11. The molecule has 2 rings (SSSR count). The van der Waals surface area contributed by atoms with Crippen LogP contribution in [0.2, 0.25) is 0 Å². The molecule has 4 heteroatoms. The number of allylic oxidation sites excluding steroid dienone is 3. The molecule has 0 atom stereocenters. The van der Waals surface area contributed by atoms with Crippen molar-refractivity contribution in [1.82, 2.24) is 0 Å². The van der Waals surface area contributed by atoms with E-state index in [1.807, 2.05) is 13.0 Å². The molecule has 1 aromatic heterocycles. The standard InChI is InChI=1S/C14H14NOPS/c1-7-12(6-18-14(7)8(2)15)13-5-11(9(3)16)10(4)17-13/h5-6H,2,4,15H2,1,3H3. The van der Waals surface area contributed by atoms with Crippen LogP contribution >= 0.6 is 19.5 Å². The molecule has 0 aromatic carbocycles. The predicted molar refractivity (Wildman–Crippen MR) is 81.2 cm³/mol. The zero-order valence-electron chi connectivity index (χ0n) is 10.4. The van der Waals surface area contributed by atoms with Crippen LogP contribution in [0.15, 0.2) is 35.5 Å². The quantitative estimate of drug-likeness (QED) is 0.858. The number of hydrogen-bond acceptors (Lipinski definition) is 3. The molecule has 18 heavy (non-hydrogen) atoms. The van der Waals surface area contributed by atoms with Gasteiger partial charge in [-0.15, -0.1) is 11.3 Å². The summed E-state index contributed by atoms with van der Waals surface area (Å²) >= 11 is 1.59. The van der Waals surface area contributed by atoms with Crippen molar-refractivity contribution in [3.63, 3.8) is 0 Å². The summed E-state index contributed by atoms with van der Waals surface area (Å²) in [7, 11) is 1.01. The molecule has 2 N–H and O–H groups in total. The highest BCUT2D eigenvalue weighted by atomic mass is 32.1.